The van der Waals surface area contributed by atoms with Gasteiger partial charge in [-0.3, -0.25) is 0 Å². The Morgan fingerprint density at radius 2 is 2.14 bits per heavy atom. The van der Waals surface area contributed by atoms with E-state index in [4.69, 9.17) is 14.6 Å². The van der Waals surface area contributed by atoms with Crippen molar-refractivity contribution >= 4 is 5.97 Å². The van der Waals surface area contributed by atoms with E-state index in [2.05, 4.69) is 11.9 Å². The van der Waals surface area contributed by atoms with Crippen molar-refractivity contribution in [1.29, 1.82) is 0 Å². The van der Waals surface area contributed by atoms with Crippen molar-refractivity contribution in [2.45, 2.75) is 49.6 Å². The molecule has 128 valence electrons. The number of rotatable bonds is 7. The molecule has 0 aromatic heterocycles. The van der Waals surface area contributed by atoms with Crippen molar-refractivity contribution in [3.63, 3.8) is 0 Å². The van der Waals surface area contributed by atoms with Gasteiger partial charge in [-0.15, -0.1) is 0 Å². The highest BCUT2D eigenvalue weighted by Gasteiger charge is 2.54. The lowest BCUT2D eigenvalue weighted by atomic mass is 9.88. The monoisotopic (exact) mass is 321 g/mol. The molecule has 0 aromatic carbocycles. The average Bonchev–Trinajstić information content (AvgIpc) is 2.46. The van der Waals surface area contributed by atoms with E-state index in [1.54, 1.807) is 6.92 Å². The second-order valence-electron chi connectivity index (χ2n) is 5.31. The molecule has 9 nitrogen and oxygen atoms in total. The third-order valence-corrected chi connectivity index (χ3v) is 3.56. The molecular weight excluding hydrogens is 298 g/mol. The van der Waals surface area contributed by atoms with Crippen LogP contribution in [0.3, 0.4) is 0 Å². The number of carbonyl (C=O) groups is 1. The van der Waals surface area contributed by atoms with Gasteiger partial charge in [0.05, 0.1) is 18.8 Å². The maximum absolute atomic E-state index is 11.4. The Kier molecular flexibility index (Phi) is 6.29. The molecule has 9 heteroatoms. The molecule has 0 spiro atoms. The van der Waals surface area contributed by atoms with Gasteiger partial charge in [0.15, 0.2) is 0 Å². The molecule has 0 aromatic rings. The normalized spacial score (nSPS) is 34.7. The fraction of sp³-hybridized carbons (Fsp3) is 0.769. The van der Waals surface area contributed by atoms with Crippen LogP contribution >= 0.6 is 0 Å². The van der Waals surface area contributed by atoms with Crippen molar-refractivity contribution in [3.05, 3.63) is 12.3 Å². The van der Waals surface area contributed by atoms with Crippen LogP contribution < -0.4 is 5.32 Å². The summed E-state index contributed by atoms with van der Waals surface area (Å²) < 4.78 is 10.2. The van der Waals surface area contributed by atoms with Crippen molar-refractivity contribution in [1.82, 2.24) is 5.32 Å². The van der Waals surface area contributed by atoms with Gasteiger partial charge in [0.25, 0.3) is 5.79 Å². The van der Waals surface area contributed by atoms with Gasteiger partial charge in [-0.1, -0.05) is 6.58 Å². The lowest BCUT2D eigenvalue weighted by Crippen LogP contribution is -2.66. The smallest absolute Gasteiger partial charge is 0.364 e. The first kappa shape index (κ1) is 18.8. The summed E-state index contributed by atoms with van der Waals surface area (Å²) in [4.78, 5) is 11.4. The van der Waals surface area contributed by atoms with Crippen molar-refractivity contribution in [3.8, 4) is 0 Å². The molecule has 1 rings (SSSR count). The largest absolute Gasteiger partial charge is 0.477 e. The Hall–Kier alpha value is -1.23. The summed E-state index contributed by atoms with van der Waals surface area (Å²) in [5, 5.41) is 50.9. The summed E-state index contributed by atoms with van der Waals surface area (Å²) in [5.41, 5.74) is 0.448. The number of hydrogen-bond donors (Lipinski definition) is 6. The highest BCUT2D eigenvalue weighted by Crippen LogP contribution is 2.33. The van der Waals surface area contributed by atoms with Crippen molar-refractivity contribution in [2.75, 3.05) is 13.7 Å². The maximum Gasteiger partial charge on any atom is 0.364 e. The van der Waals surface area contributed by atoms with Crippen LogP contribution in [0.1, 0.15) is 13.3 Å². The lowest BCUT2D eigenvalue weighted by Gasteiger charge is -2.46. The molecule has 6 atom stereocenters. The average molecular weight is 321 g/mol. The van der Waals surface area contributed by atoms with Crippen LogP contribution in [0.5, 0.6) is 0 Å². The molecule has 0 radical (unpaired) electrons. The molecule has 0 amide bonds. The Balaban J connectivity index is 3.14. The fourth-order valence-corrected chi connectivity index (χ4v) is 2.39. The molecular formula is C13H23NO8. The first-order valence-electron chi connectivity index (χ1n) is 6.72. The molecule has 1 heterocycles. The van der Waals surface area contributed by atoms with E-state index in [1.807, 2.05) is 0 Å². The maximum atomic E-state index is 11.4. The van der Waals surface area contributed by atoms with Crippen LogP contribution in [-0.4, -0.2) is 81.5 Å². The van der Waals surface area contributed by atoms with Gasteiger partial charge in [0, 0.05) is 19.2 Å². The van der Waals surface area contributed by atoms with Crippen molar-refractivity contribution in [2.24, 2.45) is 0 Å². The van der Waals surface area contributed by atoms with E-state index in [9.17, 15) is 25.2 Å². The quantitative estimate of drug-likeness (QED) is 0.306. The highest BCUT2D eigenvalue weighted by molar-refractivity contribution is 5.76. The van der Waals surface area contributed by atoms with Crippen LogP contribution in [0.2, 0.25) is 0 Å². The fourth-order valence-electron chi connectivity index (χ4n) is 2.39. The Labute approximate surface area is 127 Å². The third kappa shape index (κ3) is 3.75. The number of aliphatic hydroxyl groups excluding tert-OH is 4. The number of carboxylic acids is 1. The number of aliphatic hydroxyl groups is 4. The van der Waals surface area contributed by atoms with Crippen LogP contribution in [0.15, 0.2) is 12.3 Å². The predicted octanol–water partition coefficient (Wildman–Crippen LogP) is -2.23. The lowest BCUT2D eigenvalue weighted by molar-refractivity contribution is -0.303. The number of methoxy groups -OCH3 is 1. The molecule has 22 heavy (non-hydrogen) atoms. The highest BCUT2D eigenvalue weighted by atomic mass is 16.7. The van der Waals surface area contributed by atoms with Gasteiger partial charge in [-0.2, -0.15) is 0 Å². The van der Waals surface area contributed by atoms with Crippen LogP contribution in [0.25, 0.3) is 0 Å². The zero-order valence-electron chi connectivity index (χ0n) is 12.5. The first-order chi connectivity index (χ1) is 10.2. The van der Waals surface area contributed by atoms with E-state index in [1.165, 1.54) is 0 Å². The van der Waals surface area contributed by atoms with Gasteiger partial charge in [0.1, 0.15) is 18.3 Å². The molecule has 1 saturated heterocycles. The van der Waals surface area contributed by atoms with E-state index in [0.717, 1.165) is 7.11 Å². The molecule has 6 N–H and O–H groups in total. The molecule has 1 fully saturated rings. The van der Waals surface area contributed by atoms with Gasteiger partial charge in [-0.05, 0) is 6.92 Å². The van der Waals surface area contributed by atoms with E-state index < -0.39 is 48.8 Å². The van der Waals surface area contributed by atoms with Gasteiger partial charge in [-0.25, -0.2) is 4.79 Å². The van der Waals surface area contributed by atoms with Crippen LogP contribution in [0.4, 0.5) is 0 Å². The van der Waals surface area contributed by atoms with Crippen LogP contribution in [0, 0.1) is 0 Å². The Morgan fingerprint density at radius 3 is 2.55 bits per heavy atom. The first-order valence-corrected chi connectivity index (χ1v) is 6.72. The van der Waals surface area contributed by atoms with Crippen molar-refractivity contribution < 1.29 is 39.8 Å². The van der Waals surface area contributed by atoms with Gasteiger partial charge >= 0.3 is 5.97 Å². The SMILES string of the molecule is C=C(C)NC1C(O)CC(OC)(C(=O)O)OC1C(O)C(O)CO. The van der Waals surface area contributed by atoms with Gasteiger partial charge in [0.2, 0.25) is 0 Å². The number of aliphatic carboxylic acids is 1. The number of nitrogens with one attached hydrogen (secondary N) is 1. The Morgan fingerprint density at radius 1 is 1.55 bits per heavy atom. The summed E-state index contributed by atoms with van der Waals surface area (Å²) in [5.74, 6) is -3.63. The minimum atomic E-state index is -2.16. The summed E-state index contributed by atoms with van der Waals surface area (Å²) in [6.45, 7) is 4.46. The standard InChI is InChI=1S/C13H23NO8/c1-6(2)14-9-7(16)4-13(21-3,12(19)20)22-11(9)10(18)8(17)5-15/h7-11,14-18H,1,4-5H2,2-3H3,(H,19,20). The summed E-state index contributed by atoms with van der Waals surface area (Å²) in [6.07, 6.45) is -6.22. The second kappa shape index (κ2) is 7.36. The van der Waals surface area contributed by atoms with Gasteiger partial charge < -0.3 is 40.3 Å². The molecule has 0 aliphatic carbocycles. The number of ether oxygens (including phenoxy) is 2. The summed E-state index contributed by atoms with van der Waals surface area (Å²) in [6, 6.07) is -0.934. The minimum Gasteiger partial charge on any atom is -0.477 e. The Bertz CT molecular complexity index is 417. The topological polar surface area (TPSA) is 149 Å². The zero-order valence-corrected chi connectivity index (χ0v) is 12.5. The second-order valence-corrected chi connectivity index (χ2v) is 5.31. The third-order valence-electron chi connectivity index (χ3n) is 3.56. The molecule has 6 unspecified atom stereocenters. The number of hydrogen-bond acceptors (Lipinski definition) is 8. The van der Waals surface area contributed by atoms with E-state index in [0.29, 0.717) is 5.70 Å². The van der Waals surface area contributed by atoms with Crippen LogP contribution in [-0.2, 0) is 14.3 Å². The number of carboxylic acid groups (broad SMARTS) is 1. The summed E-state index contributed by atoms with van der Waals surface area (Å²) in [7, 11) is 1.10. The summed E-state index contributed by atoms with van der Waals surface area (Å²) >= 11 is 0. The molecule has 1 aliphatic heterocycles. The molecule has 0 bridgehead atoms. The number of allylic oxidation sites excluding steroid dienone is 1. The zero-order chi connectivity index (χ0) is 17.1. The molecule has 0 saturated carbocycles. The molecule has 1 aliphatic rings. The minimum absolute atomic E-state index is 0.387. The van der Waals surface area contributed by atoms with E-state index >= 15 is 0 Å². The van der Waals surface area contributed by atoms with E-state index in [-0.39, 0.29) is 6.42 Å². The predicted molar refractivity (Wildman–Crippen MR) is 73.7 cm³/mol.